The molecule has 0 fully saturated rings. The predicted octanol–water partition coefficient (Wildman–Crippen LogP) is -0.123. The molecule has 2 heterocycles. The van der Waals surface area contributed by atoms with Gasteiger partial charge in [0.25, 0.3) is 5.56 Å². The van der Waals surface area contributed by atoms with Crippen LogP contribution in [0.5, 0.6) is 5.88 Å². The number of nitrogens with two attached hydrogens (primary N) is 1. The number of hydrogen-bond donors (Lipinski definition) is 1. The highest BCUT2D eigenvalue weighted by Crippen LogP contribution is 2.12. The van der Waals surface area contributed by atoms with Gasteiger partial charge in [0.05, 0.1) is 12.6 Å². The fourth-order valence-electron chi connectivity index (χ4n) is 1.36. The molecule has 2 rings (SSSR count). The molecule has 0 atom stereocenters. The zero-order valence-corrected chi connectivity index (χ0v) is 11.0. The monoisotopic (exact) mass is 265 g/mol. The first kappa shape index (κ1) is 13.2. The van der Waals surface area contributed by atoms with Gasteiger partial charge in [-0.3, -0.25) is 4.79 Å². The molecule has 2 N–H and O–H groups in total. The number of methoxy groups -OCH3 is 1. The van der Waals surface area contributed by atoms with Crippen LogP contribution in [-0.2, 0) is 12.1 Å². The van der Waals surface area contributed by atoms with Crippen molar-refractivity contribution in [1.29, 1.82) is 0 Å². The van der Waals surface area contributed by atoms with E-state index in [2.05, 4.69) is 15.2 Å². The Labute approximate surface area is 109 Å². The van der Waals surface area contributed by atoms with Crippen molar-refractivity contribution in [2.45, 2.75) is 25.9 Å². The highest BCUT2D eigenvalue weighted by Gasteiger charge is 2.21. The van der Waals surface area contributed by atoms with Crippen LogP contribution in [0.3, 0.4) is 0 Å². The molecule has 19 heavy (non-hydrogen) atoms. The second-order valence-electron chi connectivity index (χ2n) is 4.60. The minimum Gasteiger partial charge on any atom is -0.480 e. The van der Waals surface area contributed by atoms with E-state index in [1.165, 1.54) is 23.9 Å². The summed E-state index contributed by atoms with van der Waals surface area (Å²) in [4.78, 5) is 15.8. The number of ether oxygens (including phenoxy) is 1. The smallest absolute Gasteiger partial charge is 0.267 e. The Morgan fingerprint density at radius 1 is 1.47 bits per heavy atom. The lowest BCUT2D eigenvalue weighted by atomic mass is 10.1. The van der Waals surface area contributed by atoms with Crippen molar-refractivity contribution in [2.75, 3.05) is 7.11 Å². The average molecular weight is 265 g/mol. The zero-order chi connectivity index (χ0) is 14.0. The maximum atomic E-state index is 11.6. The van der Waals surface area contributed by atoms with Gasteiger partial charge in [0.15, 0.2) is 5.82 Å². The Balaban J connectivity index is 2.26. The molecule has 0 aromatic carbocycles. The van der Waals surface area contributed by atoms with Gasteiger partial charge in [0.1, 0.15) is 6.54 Å². The van der Waals surface area contributed by atoms with Crippen molar-refractivity contribution in [3.8, 4) is 5.88 Å². The van der Waals surface area contributed by atoms with Gasteiger partial charge in [0.2, 0.25) is 11.8 Å². The summed E-state index contributed by atoms with van der Waals surface area (Å²) in [7, 11) is 1.47. The molecule has 0 spiro atoms. The van der Waals surface area contributed by atoms with Crippen molar-refractivity contribution < 1.29 is 9.26 Å². The van der Waals surface area contributed by atoms with Gasteiger partial charge in [-0.2, -0.15) is 4.98 Å². The van der Waals surface area contributed by atoms with E-state index in [9.17, 15) is 4.79 Å². The van der Waals surface area contributed by atoms with Gasteiger partial charge in [-0.15, -0.1) is 5.10 Å². The Morgan fingerprint density at radius 2 is 2.21 bits per heavy atom. The number of nitrogens with zero attached hydrogens (tertiary/aromatic N) is 4. The van der Waals surface area contributed by atoms with Gasteiger partial charge in [-0.1, -0.05) is 5.16 Å². The standard InChI is InChI=1S/C11H15N5O3/c1-11(2,12)10-13-8(19-15-10)6-16-9(17)5-4-7(14-16)18-3/h4-5H,6,12H2,1-3H3. The third-order valence-electron chi connectivity index (χ3n) is 2.38. The fraction of sp³-hybridized carbons (Fsp3) is 0.455. The Kier molecular flexibility index (Phi) is 3.34. The maximum Gasteiger partial charge on any atom is 0.267 e. The van der Waals surface area contributed by atoms with E-state index < -0.39 is 5.54 Å². The lowest BCUT2D eigenvalue weighted by molar-refractivity contribution is 0.340. The molecule has 0 saturated heterocycles. The van der Waals surface area contributed by atoms with E-state index in [4.69, 9.17) is 15.0 Å². The molecule has 0 amide bonds. The van der Waals surface area contributed by atoms with Gasteiger partial charge in [-0.25, -0.2) is 4.68 Å². The first-order valence-electron chi connectivity index (χ1n) is 5.64. The molecule has 8 heteroatoms. The highest BCUT2D eigenvalue weighted by molar-refractivity contribution is 5.06. The van der Waals surface area contributed by atoms with E-state index in [1.54, 1.807) is 13.8 Å². The molecule has 8 nitrogen and oxygen atoms in total. The summed E-state index contributed by atoms with van der Waals surface area (Å²) in [5.74, 6) is 0.966. The van der Waals surface area contributed by atoms with E-state index in [-0.39, 0.29) is 18.0 Å². The van der Waals surface area contributed by atoms with Crippen LogP contribution in [0.2, 0.25) is 0 Å². The minimum absolute atomic E-state index is 0.0686. The first-order chi connectivity index (χ1) is 8.90. The van der Waals surface area contributed by atoms with Crippen LogP contribution in [-0.4, -0.2) is 27.0 Å². The van der Waals surface area contributed by atoms with Crippen molar-refractivity contribution >= 4 is 0 Å². The summed E-state index contributed by atoms with van der Waals surface area (Å²) in [6.07, 6.45) is 0. The summed E-state index contributed by atoms with van der Waals surface area (Å²) in [6.45, 7) is 3.59. The van der Waals surface area contributed by atoms with E-state index in [0.717, 1.165) is 0 Å². The predicted molar refractivity (Wildman–Crippen MR) is 65.7 cm³/mol. The molecule has 0 radical (unpaired) electrons. The number of rotatable bonds is 4. The molecule has 0 aliphatic carbocycles. The fourth-order valence-corrected chi connectivity index (χ4v) is 1.36. The van der Waals surface area contributed by atoms with Crippen LogP contribution in [0.4, 0.5) is 0 Å². The molecule has 0 aliphatic rings. The van der Waals surface area contributed by atoms with E-state index in [0.29, 0.717) is 11.7 Å². The molecule has 0 aliphatic heterocycles. The zero-order valence-electron chi connectivity index (χ0n) is 11.0. The van der Waals surface area contributed by atoms with Crippen molar-refractivity contribution in [3.05, 3.63) is 34.2 Å². The average Bonchev–Trinajstić information content (AvgIpc) is 2.80. The van der Waals surface area contributed by atoms with Crippen LogP contribution < -0.4 is 16.0 Å². The van der Waals surface area contributed by atoms with Crippen molar-refractivity contribution in [3.63, 3.8) is 0 Å². The summed E-state index contributed by atoms with van der Waals surface area (Å²) in [5, 5.41) is 7.75. The van der Waals surface area contributed by atoms with Gasteiger partial charge in [-0.05, 0) is 13.8 Å². The summed E-state index contributed by atoms with van der Waals surface area (Å²) in [6, 6.07) is 2.84. The second kappa shape index (κ2) is 4.81. The third-order valence-corrected chi connectivity index (χ3v) is 2.38. The summed E-state index contributed by atoms with van der Waals surface area (Å²) >= 11 is 0. The Bertz CT molecular complexity index is 626. The van der Waals surface area contributed by atoms with Crippen LogP contribution in [0, 0.1) is 0 Å². The number of hydrogen-bond acceptors (Lipinski definition) is 7. The van der Waals surface area contributed by atoms with Crippen LogP contribution in [0.25, 0.3) is 0 Å². The second-order valence-corrected chi connectivity index (χ2v) is 4.60. The normalized spacial score (nSPS) is 11.6. The quantitative estimate of drug-likeness (QED) is 0.820. The molecule has 0 saturated carbocycles. The molecule has 2 aromatic heterocycles. The summed E-state index contributed by atoms with van der Waals surface area (Å²) in [5.41, 5.74) is 4.87. The molecule has 0 unspecified atom stereocenters. The largest absolute Gasteiger partial charge is 0.480 e. The third kappa shape index (κ3) is 2.97. The van der Waals surface area contributed by atoms with Gasteiger partial charge < -0.3 is 15.0 Å². The van der Waals surface area contributed by atoms with E-state index >= 15 is 0 Å². The van der Waals surface area contributed by atoms with Crippen molar-refractivity contribution in [2.24, 2.45) is 5.73 Å². The SMILES string of the molecule is COc1ccc(=O)n(Cc2nc(C(C)(C)N)no2)n1. The van der Waals surface area contributed by atoms with Crippen molar-refractivity contribution in [1.82, 2.24) is 19.9 Å². The molecular weight excluding hydrogens is 250 g/mol. The van der Waals surface area contributed by atoms with E-state index in [1.807, 2.05) is 0 Å². The van der Waals surface area contributed by atoms with Gasteiger partial charge in [0, 0.05) is 12.1 Å². The first-order valence-corrected chi connectivity index (χ1v) is 5.64. The summed E-state index contributed by atoms with van der Waals surface area (Å²) < 4.78 is 11.2. The minimum atomic E-state index is -0.700. The molecular formula is C11H15N5O3. The molecule has 0 bridgehead atoms. The maximum absolute atomic E-state index is 11.6. The lowest BCUT2D eigenvalue weighted by Crippen LogP contribution is -2.30. The Hall–Kier alpha value is -2.22. The van der Waals surface area contributed by atoms with Crippen LogP contribution in [0.15, 0.2) is 21.5 Å². The molecule has 102 valence electrons. The van der Waals surface area contributed by atoms with Crippen LogP contribution >= 0.6 is 0 Å². The topological polar surface area (TPSA) is 109 Å². The highest BCUT2D eigenvalue weighted by atomic mass is 16.5. The molecule has 2 aromatic rings. The lowest BCUT2D eigenvalue weighted by Gasteiger charge is -2.11. The number of aromatic nitrogens is 4. The van der Waals surface area contributed by atoms with Crippen LogP contribution in [0.1, 0.15) is 25.6 Å². The van der Waals surface area contributed by atoms with Gasteiger partial charge >= 0.3 is 0 Å². The Morgan fingerprint density at radius 3 is 2.79 bits per heavy atom.